The summed E-state index contributed by atoms with van der Waals surface area (Å²) >= 11 is 0. The highest BCUT2D eigenvalue weighted by Gasteiger charge is 2.38. The molecule has 16 nitrogen and oxygen atoms in total. The molecule has 6 aromatic carbocycles. The summed E-state index contributed by atoms with van der Waals surface area (Å²) in [6.45, 7) is 7.85. The van der Waals surface area contributed by atoms with Gasteiger partial charge in [-0.2, -0.15) is 10.2 Å². The van der Waals surface area contributed by atoms with Crippen LogP contribution in [0.5, 0.6) is 0 Å². The molecule has 5 aliphatic rings. The van der Waals surface area contributed by atoms with E-state index >= 15 is 0 Å². The van der Waals surface area contributed by atoms with Crippen molar-refractivity contribution in [3.05, 3.63) is 214 Å². The van der Waals surface area contributed by atoms with E-state index in [-0.39, 0.29) is 43.4 Å². The third kappa shape index (κ3) is 13.0. The topological polar surface area (TPSA) is 201 Å². The summed E-state index contributed by atoms with van der Waals surface area (Å²) in [5.74, 6) is -0.198. The Bertz CT molecular complexity index is 3830. The smallest absolute Gasteiger partial charge is 0.410 e. The highest BCUT2D eigenvalue weighted by Crippen LogP contribution is 2.39. The molecule has 0 spiro atoms. The van der Waals surface area contributed by atoms with E-state index in [0.717, 1.165) is 107 Å². The second-order valence-electron chi connectivity index (χ2n) is 23.7. The Morgan fingerprint density at radius 2 is 1.01 bits per heavy atom. The summed E-state index contributed by atoms with van der Waals surface area (Å²) in [4.78, 5) is 56.8. The molecule has 0 unspecified atom stereocenters. The Labute approximate surface area is 501 Å². The lowest BCUT2D eigenvalue weighted by Gasteiger charge is -2.28. The number of carbonyl (C=O) groups excluding carboxylic acids is 4. The Morgan fingerprint density at radius 1 is 0.547 bits per heavy atom. The lowest BCUT2D eigenvalue weighted by atomic mass is 10.0. The van der Waals surface area contributed by atoms with Gasteiger partial charge in [0, 0.05) is 42.1 Å². The molecule has 86 heavy (non-hydrogen) atoms. The van der Waals surface area contributed by atoms with E-state index in [1.54, 1.807) is 9.80 Å². The first-order valence-electron chi connectivity index (χ1n) is 29.7. The maximum Gasteiger partial charge on any atom is 0.410 e. The van der Waals surface area contributed by atoms with Gasteiger partial charge >= 0.3 is 18.3 Å². The molecule has 13 rings (SSSR count). The van der Waals surface area contributed by atoms with Gasteiger partial charge in [-0.15, -0.1) is 0 Å². The second-order valence-corrected chi connectivity index (χ2v) is 23.7. The van der Waals surface area contributed by atoms with E-state index in [1.165, 1.54) is 38.3 Å². The van der Waals surface area contributed by atoms with Gasteiger partial charge in [0.15, 0.2) is 0 Å². The molecule has 5 heterocycles. The van der Waals surface area contributed by atoms with Crippen molar-refractivity contribution in [3.63, 3.8) is 0 Å². The monoisotopic (exact) mass is 1150 g/mol. The summed E-state index contributed by atoms with van der Waals surface area (Å²) in [5, 5.41) is 18.5. The minimum Gasteiger partial charge on any atom is -0.445 e. The van der Waals surface area contributed by atoms with Crippen molar-refractivity contribution in [2.24, 2.45) is 0 Å². The number of benzene rings is 6. The highest BCUT2D eigenvalue weighted by atomic mass is 16.6. The number of H-pyrrole nitrogens is 2. The van der Waals surface area contributed by atoms with Gasteiger partial charge in [0.1, 0.15) is 24.9 Å². The second kappa shape index (κ2) is 24.9. The van der Waals surface area contributed by atoms with Crippen LogP contribution < -0.4 is 11.1 Å². The van der Waals surface area contributed by atoms with Crippen molar-refractivity contribution in [1.29, 1.82) is 0 Å². The first-order valence-corrected chi connectivity index (χ1v) is 29.7. The summed E-state index contributed by atoms with van der Waals surface area (Å²) in [7, 11) is 0. The summed E-state index contributed by atoms with van der Waals surface area (Å²) in [5.41, 5.74) is 23.9. The van der Waals surface area contributed by atoms with E-state index < -0.39 is 17.7 Å². The number of allylic oxidation sites excluding steroid dienone is 2. The highest BCUT2D eigenvalue weighted by molar-refractivity contribution is 5.98. The van der Waals surface area contributed by atoms with Crippen molar-refractivity contribution in [1.82, 2.24) is 35.1 Å². The molecule has 16 heteroatoms. The predicted octanol–water partition coefficient (Wildman–Crippen LogP) is 14.2. The van der Waals surface area contributed by atoms with Crippen LogP contribution in [0, 0.1) is 0 Å². The van der Waals surface area contributed by atoms with Gasteiger partial charge < -0.3 is 25.3 Å². The number of likely N-dealkylation sites (tertiary alicyclic amines) is 3. The van der Waals surface area contributed by atoms with Crippen LogP contribution in [0.1, 0.15) is 127 Å². The molecule has 0 saturated carbocycles. The van der Waals surface area contributed by atoms with E-state index in [9.17, 15) is 19.2 Å². The van der Waals surface area contributed by atoms with Crippen LogP contribution in [0.3, 0.4) is 0 Å². The largest absolute Gasteiger partial charge is 0.445 e. The zero-order valence-electron chi connectivity index (χ0n) is 48.8. The van der Waals surface area contributed by atoms with Gasteiger partial charge in [0.05, 0.1) is 34.9 Å². The van der Waals surface area contributed by atoms with Gasteiger partial charge in [0.25, 0.3) is 0 Å². The molecule has 3 fully saturated rings. The minimum absolute atomic E-state index is 0.0524. The molecule has 3 saturated heterocycles. The first kappa shape index (κ1) is 56.8. The summed E-state index contributed by atoms with van der Waals surface area (Å²) in [6, 6.07) is 51.8. The third-order valence-electron chi connectivity index (χ3n) is 16.6. The number of ether oxygens (including phenoxy) is 3. The molecule has 438 valence electrons. The maximum atomic E-state index is 13.2. The third-order valence-corrected chi connectivity index (χ3v) is 16.6. The van der Waals surface area contributed by atoms with Gasteiger partial charge in [-0.25, -0.2) is 14.4 Å². The molecular formula is C70H71N9O7. The molecule has 8 aromatic rings. The average Bonchev–Trinajstić information content (AvgIpc) is 4.59. The van der Waals surface area contributed by atoms with Gasteiger partial charge in [-0.1, -0.05) is 133 Å². The zero-order valence-corrected chi connectivity index (χ0v) is 48.8. The van der Waals surface area contributed by atoms with Crippen LogP contribution in [0.15, 0.2) is 158 Å². The number of hydrogen-bond acceptors (Lipinski definition) is 10. The van der Waals surface area contributed by atoms with Gasteiger partial charge in [-0.05, 0) is 164 Å². The van der Waals surface area contributed by atoms with Crippen LogP contribution in [-0.4, -0.2) is 90.6 Å². The minimum atomic E-state index is -0.618. The first-order chi connectivity index (χ1) is 41.7. The van der Waals surface area contributed by atoms with Gasteiger partial charge in [0.2, 0.25) is 5.91 Å². The van der Waals surface area contributed by atoms with Crippen LogP contribution in [-0.2, 0) is 45.1 Å². The summed E-state index contributed by atoms with van der Waals surface area (Å²) in [6.07, 6.45) is 10.0. The Kier molecular flexibility index (Phi) is 16.4. The normalized spacial score (nSPS) is 17.7. The molecule has 4 amide bonds. The summed E-state index contributed by atoms with van der Waals surface area (Å²) < 4.78 is 16.7. The number of hydrogen-bond donors (Lipinski definition) is 4. The quantitative estimate of drug-likeness (QED) is 0.0674. The maximum absolute atomic E-state index is 13.2. The number of nitrogens with one attached hydrogen (secondary N) is 3. The molecular weight excluding hydrogens is 1080 g/mol. The number of aromatic nitrogens is 4. The number of nitrogens with two attached hydrogens (primary N) is 1. The molecule has 0 radical (unpaired) electrons. The van der Waals surface area contributed by atoms with Crippen molar-refractivity contribution in [3.8, 4) is 22.5 Å². The number of amides is 4. The molecule has 5 N–H and O–H groups in total. The Morgan fingerprint density at radius 3 is 1.52 bits per heavy atom. The van der Waals surface area contributed by atoms with Crippen molar-refractivity contribution >= 4 is 58.9 Å². The van der Waals surface area contributed by atoms with Crippen LogP contribution >= 0.6 is 0 Å². The fraction of sp³-hybridized carbons (Fsp3) is 0.286. The number of aromatic amines is 2. The van der Waals surface area contributed by atoms with E-state index in [0.29, 0.717) is 31.7 Å². The number of anilines is 2. The van der Waals surface area contributed by atoms with E-state index in [1.807, 2.05) is 112 Å². The molecule has 3 atom stereocenters. The van der Waals surface area contributed by atoms with Crippen LogP contribution in [0.25, 0.3) is 45.8 Å². The molecule has 2 aliphatic carbocycles. The predicted molar refractivity (Wildman–Crippen MR) is 334 cm³/mol. The Hall–Kier alpha value is -9.70. The lowest BCUT2D eigenvalue weighted by molar-refractivity contribution is -0.120. The van der Waals surface area contributed by atoms with E-state index in [2.05, 4.69) is 105 Å². The molecule has 0 bridgehead atoms. The van der Waals surface area contributed by atoms with Crippen LogP contribution in [0.2, 0.25) is 0 Å². The Balaban J connectivity index is 0.000000177. The van der Waals surface area contributed by atoms with Crippen molar-refractivity contribution in [2.75, 3.05) is 30.7 Å². The van der Waals surface area contributed by atoms with Crippen molar-refractivity contribution in [2.45, 2.75) is 109 Å². The number of rotatable bonds is 12. The lowest BCUT2D eigenvalue weighted by Crippen LogP contribution is -2.45. The van der Waals surface area contributed by atoms with Crippen LogP contribution in [0.4, 0.5) is 25.8 Å². The fourth-order valence-electron chi connectivity index (χ4n) is 12.2. The number of nitrogen functional groups attached to an aromatic ring is 1. The molecule has 3 aliphatic heterocycles. The van der Waals surface area contributed by atoms with E-state index in [4.69, 9.17) is 19.9 Å². The SMILES string of the molecule is CC(C)(C)OC(=O)N1CCC[C@H]1C(=O)Nc1ccc2c(c1)C=C(c1ccc(-c3cc([C@@H]4CCCN4C(=O)OCc4ccccc4)[nH]n3)cc1)C2.Nc1ccc2c(c1)C=C(c1ccc(-c3cc([C@@H]4CCCN4C(=O)OCc4ccccc4)[nH]n3)cc1)C2. The standard InChI is InChI=1S/C40H43N5O5.C30H28N4O2/c1-40(2,3)50-39(48)45-20-8-12-36(45)37(46)41-32-18-17-29-21-30(22-31(29)23-32)27-13-15-28(16-14-27)33-24-34(43-42-33)35-11-7-19-44(35)38(47)49-25-26-9-5-4-6-10-26;31-26-13-12-23-15-24(16-25(23)17-26)21-8-10-22(11-9-21)27-18-28(33-32-27)29-7-4-14-34(29)30(35)36-19-20-5-2-1-3-6-20/h4-6,9-10,13-18,22-24,35-36H,7-8,11-12,19-21,25H2,1-3H3,(H,41,46)(H,42,43);1-3,5-6,8-13,16-18,29H,4,7,14-15,19,31H2,(H,32,33)/t35-,36-;29-/m00/s1. The number of carbonyl (C=O) groups is 4. The zero-order chi connectivity index (χ0) is 59.3. The number of fused-ring (bicyclic) bond motifs is 2. The average molecular weight is 1150 g/mol. The number of nitrogens with zero attached hydrogens (tertiary/aromatic N) is 5. The molecule has 2 aromatic heterocycles. The van der Waals surface area contributed by atoms with Crippen molar-refractivity contribution < 1.29 is 33.4 Å². The fourth-order valence-corrected chi connectivity index (χ4v) is 12.2. The van der Waals surface area contributed by atoms with Gasteiger partial charge in [-0.3, -0.25) is 29.7 Å².